The molecule has 1 aliphatic carbocycles. The SMILES string of the molecule is Cc1cc2c3c(c1)N(c1cccc4c1sc1ccccc14)c1cc(N4c5cc(C)cc(C)c5C5(C)CCCCC45C)ccc1B3c1ccc(-c3ccccc3)cc1N2c1ccc2oc3ccccc3c2c1. The second-order valence-electron chi connectivity index (χ2n) is 21.4. The lowest BCUT2D eigenvalue weighted by atomic mass is 9.33. The van der Waals surface area contributed by atoms with E-state index in [1.807, 2.05) is 11.3 Å². The zero-order valence-corrected chi connectivity index (χ0v) is 41.6. The second kappa shape index (κ2) is 14.8. The number of thiophene rings is 1. The van der Waals surface area contributed by atoms with Crippen LogP contribution in [0.5, 0.6) is 0 Å². The first-order valence-corrected chi connectivity index (χ1v) is 26.3. The molecule has 0 spiro atoms. The number of para-hydroxylation sites is 1. The van der Waals surface area contributed by atoms with E-state index in [1.165, 1.54) is 129 Å². The van der Waals surface area contributed by atoms with Crippen molar-refractivity contribution in [1.29, 1.82) is 0 Å². The quantitative estimate of drug-likeness (QED) is 0.164. The van der Waals surface area contributed by atoms with E-state index < -0.39 is 0 Å². The molecule has 2 unspecified atom stereocenters. The van der Waals surface area contributed by atoms with Gasteiger partial charge in [0.1, 0.15) is 11.2 Å². The van der Waals surface area contributed by atoms with Crippen LogP contribution < -0.4 is 31.1 Å². The Kier molecular flexibility index (Phi) is 8.58. The second-order valence-corrected chi connectivity index (χ2v) is 22.4. The largest absolute Gasteiger partial charge is 0.456 e. The Bertz CT molecular complexity index is 4080. The van der Waals surface area contributed by atoms with Crippen LogP contribution in [0, 0.1) is 20.8 Å². The fraction of sp³-hybridized carbons (Fsp3) is 0.169. The number of hydrogen-bond acceptors (Lipinski definition) is 5. The van der Waals surface area contributed by atoms with E-state index in [2.05, 4.69) is 225 Å². The lowest BCUT2D eigenvalue weighted by Gasteiger charge is -2.51. The van der Waals surface area contributed by atoms with Crippen molar-refractivity contribution in [3.63, 3.8) is 0 Å². The highest BCUT2D eigenvalue weighted by molar-refractivity contribution is 7.26. The van der Waals surface area contributed by atoms with Gasteiger partial charge in [-0.15, -0.1) is 11.3 Å². The number of furan rings is 1. The Morgan fingerprint density at radius 2 is 1.17 bits per heavy atom. The van der Waals surface area contributed by atoms with Crippen LogP contribution in [0.1, 0.15) is 61.8 Å². The van der Waals surface area contributed by atoms with Gasteiger partial charge in [-0.25, -0.2) is 0 Å². The fourth-order valence-electron chi connectivity index (χ4n) is 14.1. The van der Waals surface area contributed by atoms with Crippen molar-refractivity contribution in [2.75, 3.05) is 14.7 Å². The van der Waals surface area contributed by atoms with Gasteiger partial charge in [0.05, 0.1) is 15.9 Å². The fourth-order valence-corrected chi connectivity index (χ4v) is 15.3. The van der Waals surface area contributed by atoms with Crippen molar-refractivity contribution in [2.45, 2.75) is 71.3 Å². The zero-order chi connectivity index (χ0) is 47.5. The van der Waals surface area contributed by atoms with Crippen LogP contribution in [0.15, 0.2) is 180 Å². The van der Waals surface area contributed by atoms with Gasteiger partial charge in [0.15, 0.2) is 0 Å². The number of nitrogens with zero attached hydrogens (tertiary/aromatic N) is 3. The van der Waals surface area contributed by atoms with Gasteiger partial charge < -0.3 is 19.1 Å². The van der Waals surface area contributed by atoms with Crippen LogP contribution in [-0.4, -0.2) is 12.3 Å². The zero-order valence-electron chi connectivity index (χ0n) is 40.8. The summed E-state index contributed by atoms with van der Waals surface area (Å²) in [5, 5.41) is 4.86. The van der Waals surface area contributed by atoms with Gasteiger partial charge in [0, 0.05) is 71.5 Å². The molecule has 15 rings (SSSR count). The maximum atomic E-state index is 6.44. The number of rotatable bonds is 4. The number of benzene rings is 9. The Labute approximate surface area is 419 Å². The van der Waals surface area contributed by atoms with E-state index in [1.54, 1.807) is 0 Å². The highest BCUT2D eigenvalue weighted by Gasteiger charge is 2.58. The Morgan fingerprint density at radius 3 is 2.03 bits per heavy atom. The minimum atomic E-state index is -0.0831. The first-order valence-electron chi connectivity index (χ1n) is 25.5. The maximum Gasteiger partial charge on any atom is 0.252 e. The summed E-state index contributed by atoms with van der Waals surface area (Å²) in [5.41, 5.74) is 23.5. The van der Waals surface area contributed by atoms with Crippen LogP contribution in [0.4, 0.5) is 45.5 Å². The maximum absolute atomic E-state index is 6.44. The van der Waals surface area contributed by atoms with Gasteiger partial charge in [-0.2, -0.15) is 0 Å². The van der Waals surface area contributed by atoms with E-state index in [0.717, 1.165) is 34.0 Å². The van der Waals surface area contributed by atoms with Gasteiger partial charge in [0.25, 0.3) is 6.71 Å². The lowest BCUT2D eigenvalue weighted by Crippen LogP contribution is -2.61. The van der Waals surface area contributed by atoms with Crippen LogP contribution in [0.25, 0.3) is 53.2 Å². The van der Waals surface area contributed by atoms with Crippen LogP contribution in [0.3, 0.4) is 0 Å². The molecule has 3 aliphatic heterocycles. The summed E-state index contributed by atoms with van der Waals surface area (Å²) in [5.74, 6) is 0. The smallest absolute Gasteiger partial charge is 0.252 e. The Balaban J connectivity index is 1.03. The summed E-state index contributed by atoms with van der Waals surface area (Å²) >= 11 is 1.91. The topological polar surface area (TPSA) is 22.9 Å². The van der Waals surface area contributed by atoms with Crippen LogP contribution in [0.2, 0.25) is 0 Å². The summed E-state index contributed by atoms with van der Waals surface area (Å²) in [6.07, 6.45) is 4.85. The summed E-state index contributed by atoms with van der Waals surface area (Å²) in [7, 11) is 0. The van der Waals surface area contributed by atoms with Crippen molar-refractivity contribution in [2.24, 2.45) is 0 Å². The standard InChI is InChI=1S/C65H52BN3OS/c1-39-32-41(3)61-55(33-39)69(65(5)31-14-13-30-64(61,65)4)45-25-28-51-54(38-45)68(52-21-15-20-48-47-19-10-12-23-60(47)71-63(48)52)57-35-40(2)34-56-62(57)66(51)50-27-24-43(42-16-7-6-8-17-42)36-53(50)67(56)44-26-29-59-49(37-44)46-18-9-11-22-58(46)70-59/h6-12,15-29,32-38H,13-14,30-31H2,1-5H3. The molecule has 4 aliphatic rings. The highest BCUT2D eigenvalue weighted by atomic mass is 32.1. The molecular formula is C65H52BN3OS. The third-order valence-electron chi connectivity index (χ3n) is 17.3. The van der Waals surface area contributed by atoms with E-state index in [-0.39, 0.29) is 17.7 Å². The number of hydrogen-bond donors (Lipinski definition) is 0. The van der Waals surface area contributed by atoms with Crippen LogP contribution in [-0.2, 0) is 5.41 Å². The molecule has 71 heavy (non-hydrogen) atoms. The van der Waals surface area contributed by atoms with Crippen molar-refractivity contribution in [3.8, 4) is 11.1 Å². The van der Waals surface area contributed by atoms with Crippen molar-refractivity contribution in [1.82, 2.24) is 0 Å². The van der Waals surface area contributed by atoms with E-state index in [9.17, 15) is 0 Å². The average Bonchev–Trinajstić information content (AvgIpc) is 4.02. The molecule has 0 radical (unpaired) electrons. The van der Waals surface area contributed by atoms with Gasteiger partial charge in [-0.3, -0.25) is 0 Å². The van der Waals surface area contributed by atoms with E-state index >= 15 is 0 Å². The highest BCUT2D eigenvalue weighted by Crippen LogP contribution is 2.62. The van der Waals surface area contributed by atoms with Gasteiger partial charge in [-0.1, -0.05) is 123 Å². The molecular weight excluding hydrogens is 882 g/mol. The molecule has 1 saturated carbocycles. The minimum Gasteiger partial charge on any atom is -0.456 e. The number of fused-ring (bicyclic) bond motifs is 13. The van der Waals surface area contributed by atoms with Crippen molar-refractivity contribution < 1.29 is 4.42 Å². The lowest BCUT2D eigenvalue weighted by molar-refractivity contribution is 0.194. The predicted octanol–water partition coefficient (Wildman–Crippen LogP) is 16.4. The number of anilines is 8. The normalized spacial score (nSPS) is 18.8. The Hall–Kier alpha value is -7.54. The number of aryl methyl sites for hydroxylation is 3. The van der Waals surface area contributed by atoms with Crippen LogP contribution >= 0.6 is 11.3 Å². The molecule has 6 heteroatoms. The van der Waals surface area contributed by atoms with Crippen molar-refractivity contribution >= 4 is 122 Å². The van der Waals surface area contributed by atoms with Gasteiger partial charge in [0.2, 0.25) is 0 Å². The molecule has 11 aromatic rings. The third-order valence-corrected chi connectivity index (χ3v) is 18.5. The third kappa shape index (κ3) is 5.63. The molecule has 1 fully saturated rings. The summed E-state index contributed by atoms with van der Waals surface area (Å²) in [6, 6.07) is 66.6. The molecule has 342 valence electrons. The average molecular weight is 934 g/mol. The summed E-state index contributed by atoms with van der Waals surface area (Å²) in [6.45, 7) is 12.0. The molecule has 2 atom stereocenters. The molecule has 0 bridgehead atoms. The molecule has 0 amide bonds. The summed E-state index contributed by atoms with van der Waals surface area (Å²) < 4.78 is 9.06. The van der Waals surface area contributed by atoms with Gasteiger partial charge in [-0.05, 0) is 163 Å². The first-order chi connectivity index (χ1) is 34.7. The molecule has 5 heterocycles. The predicted molar refractivity (Wildman–Crippen MR) is 303 cm³/mol. The molecule has 4 nitrogen and oxygen atoms in total. The molecule has 9 aromatic carbocycles. The van der Waals surface area contributed by atoms with E-state index in [4.69, 9.17) is 4.42 Å². The Morgan fingerprint density at radius 1 is 0.493 bits per heavy atom. The van der Waals surface area contributed by atoms with E-state index in [0.29, 0.717) is 0 Å². The first kappa shape index (κ1) is 41.3. The minimum absolute atomic E-state index is 0.0250. The van der Waals surface area contributed by atoms with Crippen molar-refractivity contribution in [3.05, 3.63) is 198 Å². The molecule has 0 saturated heterocycles. The molecule has 2 aromatic heterocycles. The summed E-state index contributed by atoms with van der Waals surface area (Å²) in [4.78, 5) is 8.00. The molecule has 0 N–H and O–H groups in total. The monoisotopic (exact) mass is 933 g/mol. The van der Waals surface area contributed by atoms with Gasteiger partial charge >= 0.3 is 0 Å².